The number of hydrogen-bond donors (Lipinski definition) is 1. The van der Waals surface area contributed by atoms with Gasteiger partial charge in [0.05, 0.1) is 12.2 Å². The van der Waals surface area contributed by atoms with E-state index in [2.05, 4.69) is 17.1 Å². The van der Waals surface area contributed by atoms with E-state index in [1.54, 1.807) is 12.1 Å². The molecule has 4 heterocycles. The molecule has 1 aromatic carbocycles. The van der Waals surface area contributed by atoms with Crippen molar-refractivity contribution in [2.24, 2.45) is 16.6 Å². The number of aromatic nitrogens is 1. The third kappa shape index (κ3) is 2.37. The van der Waals surface area contributed by atoms with Crippen LogP contribution in [-0.4, -0.2) is 35.9 Å². The molecule has 4 aliphatic rings. The fraction of sp³-hybridized carbons (Fsp3) is 0.364. The van der Waals surface area contributed by atoms with Crippen molar-refractivity contribution >= 4 is 6.02 Å². The Morgan fingerprint density at radius 2 is 2.14 bits per heavy atom. The van der Waals surface area contributed by atoms with Crippen LogP contribution < -0.4 is 10.5 Å². The van der Waals surface area contributed by atoms with Crippen LogP contribution >= 0.6 is 0 Å². The number of benzene rings is 1. The Morgan fingerprint density at radius 1 is 1.24 bits per heavy atom. The number of nitrogens with two attached hydrogens (primary N) is 1. The molecule has 0 amide bonds. The number of fused-ring (bicyclic) bond motifs is 4. The number of nitrogens with zero attached hydrogens (tertiary/aromatic N) is 2. The number of pyridine rings is 1. The van der Waals surface area contributed by atoms with Gasteiger partial charge in [-0.25, -0.2) is 9.98 Å². The Bertz CT molecular complexity index is 1070. The van der Waals surface area contributed by atoms with Crippen LogP contribution in [0, 0.1) is 11.9 Å². The van der Waals surface area contributed by atoms with Crippen LogP contribution in [0.1, 0.15) is 18.4 Å². The second-order valence-electron chi connectivity index (χ2n) is 8.13. The predicted octanol–water partition coefficient (Wildman–Crippen LogP) is 2.92. The molecule has 1 saturated heterocycles. The van der Waals surface area contributed by atoms with Crippen molar-refractivity contribution in [2.45, 2.75) is 30.1 Å². The maximum Gasteiger partial charge on any atom is 0.283 e. The third-order valence-corrected chi connectivity index (χ3v) is 6.61. The van der Waals surface area contributed by atoms with Crippen molar-refractivity contribution in [1.82, 2.24) is 4.98 Å². The number of amidine groups is 1. The zero-order valence-corrected chi connectivity index (χ0v) is 15.7. The van der Waals surface area contributed by atoms with Crippen molar-refractivity contribution in [3.05, 3.63) is 60.2 Å². The fourth-order valence-electron chi connectivity index (χ4n) is 5.04. The van der Waals surface area contributed by atoms with Crippen LogP contribution in [0.25, 0.3) is 11.1 Å². The zero-order valence-electron chi connectivity index (χ0n) is 15.7. The van der Waals surface area contributed by atoms with E-state index in [0.717, 1.165) is 36.3 Å². The Kier molecular flexibility index (Phi) is 3.39. The standard InChI is InChI=1S/C22H20FN3O3/c23-19-14(2-1-8-25-19)13-3-4-17-15(10-13)22(12-27-20(24)26-22)16-11-21(7-9-28-21)6-5-18(16)29-17/h1-6,8,10,16,18H,7,9,11-12H2,(H2,24,26). The first-order valence-electron chi connectivity index (χ1n) is 9.82. The molecule has 0 saturated carbocycles. The zero-order chi connectivity index (χ0) is 19.6. The summed E-state index contributed by atoms with van der Waals surface area (Å²) in [7, 11) is 0. The summed E-state index contributed by atoms with van der Waals surface area (Å²) in [5.41, 5.74) is 7.05. The van der Waals surface area contributed by atoms with Crippen LogP contribution in [-0.2, 0) is 15.0 Å². The smallest absolute Gasteiger partial charge is 0.283 e. The minimum atomic E-state index is -0.687. The average Bonchev–Trinajstić information content (AvgIpc) is 3.10. The van der Waals surface area contributed by atoms with Crippen molar-refractivity contribution in [3.8, 4) is 16.9 Å². The van der Waals surface area contributed by atoms with E-state index < -0.39 is 11.5 Å². The minimum absolute atomic E-state index is 0.00958. The van der Waals surface area contributed by atoms with Gasteiger partial charge in [-0.1, -0.05) is 12.1 Å². The maximum absolute atomic E-state index is 14.3. The lowest BCUT2D eigenvalue weighted by Crippen LogP contribution is -2.56. The maximum atomic E-state index is 14.3. The van der Waals surface area contributed by atoms with Gasteiger partial charge < -0.3 is 19.9 Å². The van der Waals surface area contributed by atoms with Gasteiger partial charge in [-0.05, 0) is 42.3 Å². The molecule has 2 spiro atoms. The molecule has 2 aromatic rings. The van der Waals surface area contributed by atoms with Gasteiger partial charge in [0.25, 0.3) is 6.02 Å². The van der Waals surface area contributed by atoms with Crippen molar-refractivity contribution in [1.29, 1.82) is 0 Å². The van der Waals surface area contributed by atoms with Gasteiger partial charge in [-0.15, -0.1) is 0 Å². The summed E-state index contributed by atoms with van der Waals surface area (Å²) in [4.78, 5) is 8.56. The lowest BCUT2D eigenvalue weighted by Gasteiger charge is -2.51. The second kappa shape index (κ2) is 5.79. The van der Waals surface area contributed by atoms with Crippen LogP contribution in [0.5, 0.6) is 5.75 Å². The highest BCUT2D eigenvalue weighted by atomic mass is 19.1. The van der Waals surface area contributed by atoms with Gasteiger partial charge in [0.2, 0.25) is 5.95 Å². The molecule has 0 bridgehead atoms. The van der Waals surface area contributed by atoms with Gasteiger partial charge in [-0.3, -0.25) is 0 Å². The van der Waals surface area contributed by atoms with Crippen LogP contribution in [0.3, 0.4) is 0 Å². The summed E-state index contributed by atoms with van der Waals surface area (Å²) in [6.45, 7) is 1.10. The lowest BCUT2D eigenvalue weighted by molar-refractivity contribution is -0.144. The van der Waals surface area contributed by atoms with Crippen LogP contribution in [0.4, 0.5) is 4.39 Å². The first-order valence-corrected chi connectivity index (χ1v) is 9.82. The summed E-state index contributed by atoms with van der Waals surface area (Å²) in [5, 5.41) is 0. The molecule has 7 heteroatoms. The molecular weight excluding hydrogens is 373 g/mol. The lowest BCUT2D eigenvalue weighted by atomic mass is 9.65. The van der Waals surface area contributed by atoms with Crippen LogP contribution in [0.15, 0.2) is 53.7 Å². The summed E-state index contributed by atoms with van der Waals surface area (Å²) >= 11 is 0. The minimum Gasteiger partial charge on any atom is -0.486 e. The molecule has 148 valence electrons. The predicted molar refractivity (Wildman–Crippen MR) is 104 cm³/mol. The van der Waals surface area contributed by atoms with E-state index in [9.17, 15) is 4.39 Å². The summed E-state index contributed by atoms with van der Waals surface area (Å²) in [6.07, 6.45) is 7.26. The molecule has 4 unspecified atom stereocenters. The molecule has 6 rings (SSSR count). The van der Waals surface area contributed by atoms with E-state index in [0.29, 0.717) is 12.2 Å². The van der Waals surface area contributed by atoms with E-state index in [1.807, 2.05) is 18.2 Å². The molecule has 29 heavy (non-hydrogen) atoms. The van der Waals surface area contributed by atoms with Crippen molar-refractivity contribution < 1.29 is 18.6 Å². The highest BCUT2D eigenvalue weighted by molar-refractivity contribution is 5.75. The second-order valence-corrected chi connectivity index (χ2v) is 8.13. The first-order chi connectivity index (χ1) is 14.1. The monoisotopic (exact) mass is 393 g/mol. The Hall–Kier alpha value is -2.93. The Labute approximate surface area is 167 Å². The third-order valence-electron chi connectivity index (χ3n) is 6.61. The quantitative estimate of drug-likeness (QED) is 0.595. The molecule has 4 atom stereocenters. The number of aliphatic imine (C=N–C) groups is 1. The first kappa shape index (κ1) is 17.0. The average molecular weight is 393 g/mol. The normalized spacial score (nSPS) is 34.0. The number of ether oxygens (including phenoxy) is 3. The highest BCUT2D eigenvalue weighted by Crippen LogP contribution is 2.55. The summed E-state index contributed by atoms with van der Waals surface area (Å²) in [6, 6.07) is 9.26. The number of rotatable bonds is 1. The molecule has 3 aliphatic heterocycles. The Morgan fingerprint density at radius 3 is 2.86 bits per heavy atom. The van der Waals surface area contributed by atoms with Gasteiger partial charge >= 0.3 is 0 Å². The van der Waals surface area contributed by atoms with Crippen molar-refractivity contribution in [2.75, 3.05) is 13.2 Å². The summed E-state index contributed by atoms with van der Waals surface area (Å²) in [5.74, 6) is 0.219. The molecule has 1 fully saturated rings. The Balaban J connectivity index is 1.51. The van der Waals surface area contributed by atoms with E-state index in [1.165, 1.54) is 6.20 Å². The largest absolute Gasteiger partial charge is 0.486 e. The molecule has 6 nitrogen and oxygen atoms in total. The van der Waals surface area contributed by atoms with Gasteiger partial charge in [0.15, 0.2) is 0 Å². The molecular formula is C22H20FN3O3. The van der Waals surface area contributed by atoms with Gasteiger partial charge in [-0.2, -0.15) is 4.39 Å². The highest BCUT2D eigenvalue weighted by Gasteiger charge is 2.58. The summed E-state index contributed by atoms with van der Waals surface area (Å²) < 4.78 is 32.2. The molecule has 2 N–H and O–H groups in total. The van der Waals surface area contributed by atoms with Gasteiger partial charge in [0.1, 0.15) is 24.0 Å². The van der Waals surface area contributed by atoms with E-state index in [4.69, 9.17) is 24.9 Å². The van der Waals surface area contributed by atoms with Crippen LogP contribution in [0.2, 0.25) is 0 Å². The SMILES string of the molecule is NC1=NC2(CO1)c1cc(-c3cccnc3F)ccc1OC1C=CC3(CCO3)CC12. The molecule has 0 radical (unpaired) electrons. The van der Waals surface area contributed by atoms with Gasteiger partial charge in [0, 0.05) is 29.7 Å². The molecule has 1 aliphatic carbocycles. The number of hydrogen-bond acceptors (Lipinski definition) is 6. The fourth-order valence-corrected chi connectivity index (χ4v) is 5.04. The van der Waals surface area contributed by atoms with E-state index in [-0.39, 0.29) is 23.6 Å². The topological polar surface area (TPSA) is 79.0 Å². The number of halogens is 1. The van der Waals surface area contributed by atoms with Crippen molar-refractivity contribution in [3.63, 3.8) is 0 Å². The molecule has 1 aromatic heterocycles. The van der Waals surface area contributed by atoms with E-state index >= 15 is 0 Å².